The second kappa shape index (κ2) is 7.61. The summed E-state index contributed by atoms with van der Waals surface area (Å²) in [4.78, 5) is 18.3. The minimum absolute atomic E-state index is 0.0122. The smallest absolute Gasteiger partial charge is 0.244 e. The number of ether oxygens (including phenoxy) is 1. The molecule has 0 atom stereocenters. The van der Waals surface area contributed by atoms with Crippen molar-refractivity contribution in [2.45, 2.75) is 13.1 Å². The van der Waals surface area contributed by atoms with E-state index in [9.17, 15) is 4.79 Å². The van der Waals surface area contributed by atoms with Crippen LogP contribution in [0.1, 0.15) is 5.56 Å². The van der Waals surface area contributed by atoms with E-state index in [0.29, 0.717) is 6.54 Å². The van der Waals surface area contributed by atoms with Gasteiger partial charge in [-0.05, 0) is 35.9 Å². The average molecular weight is 336 g/mol. The molecule has 25 heavy (non-hydrogen) atoms. The predicted molar refractivity (Wildman–Crippen MR) is 94.9 cm³/mol. The van der Waals surface area contributed by atoms with Crippen molar-refractivity contribution in [3.8, 4) is 17.0 Å². The molecule has 0 saturated carbocycles. The molecule has 1 amide bonds. The Labute approximate surface area is 146 Å². The molecule has 0 N–H and O–H groups in total. The van der Waals surface area contributed by atoms with E-state index in [1.165, 1.54) is 0 Å². The summed E-state index contributed by atoms with van der Waals surface area (Å²) >= 11 is 0. The lowest BCUT2D eigenvalue weighted by atomic mass is 10.2. The molecule has 0 saturated heterocycles. The Bertz CT molecular complexity index is 845. The molecule has 0 bridgehead atoms. The highest BCUT2D eigenvalue weighted by molar-refractivity contribution is 5.76. The number of nitrogens with zero attached hydrogens (tertiary/aromatic N) is 4. The summed E-state index contributed by atoms with van der Waals surface area (Å²) in [5.74, 6) is 0.771. The Morgan fingerprint density at radius 1 is 1.16 bits per heavy atom. The number of carbonyl (C=O) groups is 1. The third kappa shape index (κ3) is 4.03. The lowest BCUT2D eigenvalue weighted by Crippen LogP contribution is -2.30. The molecule has 3 rings (SSSR count). The molecule has 128 valence electrons. The van der Waals surface area contributed by atoms with Gasteiger partial charge in [0.25, 0.3) is 0 Å². The number of amides is 1. The molecule has 0 aliphatic rings. The molecule has 0 fully saturated rings. The first-order valence-electron chi connectivity index (χ1n) is 7.96. The van der Waals surface area contributed by atoms with Crippen LogP contribution in [-0.4, -0.2) is 39.7 Å². The fraction of sp³-hybridized carbons (Fsp3) is 0.211. The molecule has 0 aliphatic carbocycles. The first-order valence-corrected chi connectivity index (χ1v) is 7.96. The van der Waals surface area contributed by atoms with E-state index in [-0.39, 0.29) is 12.5 Å². The molecular weight excluding hydrogens is 316 g/mol. The molecule has 6 nitrogen and oxygen atoms in total. The lowest BCUT2D eigenvalue weighted by Gasteiger charge is -2.18. The summed E-state index contributed by atoms with van der Waals surface area (Å²) in [5.41, 5.74) is 2.89. The molecule has 3 aromatic rings. The Morgan fingerprint density at radius 2 is 1.96 bits per heavy atom. The van der Waals surface area contributed by atoms with Gasteiger partial charge >= 0.3 is 0 Å². The van der Waals surface area contributed by atoms with Gasteiger partial charge in [0.15, 0.2) is 0 Å². The van der Waals surface area contributed by atoms with Crippen LogP contribution in [0.15, 0.2) is 61.1 Å². The SMILES string of the molecule is COc1cccc(CN(C)C(=O)Cn2nccc2-c2ccncc2)c1. The number of hydrogen-bond donors (Lipinski definition) is 0. The van der Waals surface area contributed by atoms with Crippen molar-refractivity contribution in [3.63, 3.8) is 0 Å². The highest BCUT2D eigenvalue weighted by Gasteiger charge is 2.14. The second-order valence-electron chi connectivity index (χ2n) is 5.71. The molecule has 2 aromatic heterocycles. The van der Waals surface area contributed by atoms with Gasteiger partial charge in [-0.3, -0.25) is 14.5 Å². The van der Waals surface area contributed by atoms with E-state index in [4.69, 9.17) is 4.74 Å². The second-order valence-corrected chi connectivity index (χ2v) is 5.71. The third-order valence-corrected chi connectivity index (χ3v) is 3.96. The van der Waals surface area contributed by atoms with Gasteiger partial charge in [0, 0.05) is 37.7 Å². The van der Waals surface area contributed by atoms with Gasteiger partial charge in [-0.1, -0.05) is 12.1 Å². The van der Waals surface area contributed by atoms with Crippen LogP contribution in [0, 0.1) is 0 Å². The van der Waals surface area contributed by atoms with Crippen molar-refractivity contribution in [3.05, 3.63) is 66.6 Å². The number of rotatable bonds is 6. The van der Waals surface area contributed by atoms with Crippen LogP contribution in [0.2, 0.25) is 0 Å². The lowest BCUT2D eigenvalue weighted by molar-refractivity contribution is -0.131. The highest BCUT2D eigenvalue weighted by Crippen LogP contribution is 2.18. The van der Waals surface area contributed by atoms with Gasteiger partial charge < -0.3 is 9.64 Å². The number of pyridine rings is 1. The van der Waals surface area contributed by atoms with Gasteiger partial charge in [-0.15, -0.1) is 0 Å². The summed E-state index contributed by atoms with van der Waals surface area (Å²) in [6.07, 6.45) is 5.15. The van der Waals surface area contributed by atoms with Gasteiger partial charge in [0.2, 0.25) is 5.91 Å². The Kier molecular flexibility index (Phi) is 5.09. The zero-order valence-electron chi connectivity index (χ0n) is 14.3. The topological polar surface area (TPSA) is 60.2 Å². The van der Waals surface area contributed by atoms with Crippen molar-refractivity contribution in [1.82, 2.24) is 19.7 Å². The summed E-state index contributed by atoms with van der Waals surface area (Å²) < 4.78 is 6.93. The summed E-state index contributed by atoms with van der Waals surface area (Å²) in [5, 5.41) is 4.28. The van der Waals surface area contributed by atoms with Gasteiger partial charge in [0.1, 0.15) is 12.3 Å². The van der Waals surface area contributed by atoms with Crippen molar-refractivity contribution in [1.29, 1.82) is 0 Å². The summed E-state index contributed by atoms with van der Waals surface area (Å²) in [6, 6.07) is 13.4. The molecular formula is C19H20N4O2. The number of carbonyl (C=O) groups excluding carboxylic acids is 1. The third-order valence-electron chi connectivity index (χ3n) is 3.96. The standard InChI is InChI=1S/C19H20N4O2/c1-22(13-15-4-3-5-17(12-15)25-2)19(24)14-23-18(8-11-21-23)16-6-9-20-10-7-16/h3-12H,13-14H2,1-2H3. The number of hydrogen-bond acceptors (Lipinski definition) is 4. The van der Waals surface area contributed by atoms with Crippen LogP contribution in [0.25, 0.3) is 11.3 Å². The van der Waals surface area contributed by atoms with Crippen LogP contribution in [-0.2, 0) is 17.9 Å². The normalized spacial score (nSPS) is 10.5. The number of methoxy groups -OCH3 is 1. The number of aromatic nitrogens is 3. The molecule has 0 spiro atoms. The maximum absolute atomic E-state index is 12.6. The van der Waals surface area contributed by atoms with Crippen molar-refractivity contribution >= 4 is 5.91 Å². The van der Waals surface area contributed by atoms with Crippen LogP contribution in [0.5, 0.6) is 5.75 Å². The Morgan fingerprint density at radius 3 is 2.72 bits per heavy atom. The Balaban J connectivity index is 1.69. The molecule has 0 aliphatic heterocycles. The molecule has 0 unspecified atom stereocenters. The maximum atomic E-state index is 12.6. The highest BCUT2D eigenvalue weighted by atomic mass is 16.5. The largest absolute Gasteiger partial charge is 0.497 e. The molecule has 0 radical (unpaired) electrons. The van der Waals surface area contributed by atoms with E-state index >= 15 is 0 Å². The molecule has 1 aromatic carbocycles. The number of likely N-dealkylation sites (N-methyl/N-ethyl adjacent to an activating group) is 1. The Hall–Kier alpha value is -3.15. The van der Waals surface area contributed by atoms with Crippen LogP contribution >= 0.6 is 0 Å². The van der Waals surface area contributed by atoms with Gasteiger partial charge in [-0.25, -0.2) is 0 Å². The summed E-state index contributed by atoms with van der Waals surface area (Å²) in [6.45, 7) is 0.701. The van der Waals surface area contributed by atoms with Crippen molar-refractivity contribution in [2.24, 2.45) is 0 Å². The van der Waals surface area contributed by atoms with E-state index in [1.54, 1.807) is 42.3 Å². The first kappa shape index (κ1) is 16.7. The van der Waals surface area contributed by atoms with Crippen molar-refractivity contribution < 1.29 is 9.53 Å². The maximum Gasteiger partial charge on any atom is 0.244 e. The summed E-state index contributed by atoms with van der Waals surface area (Å²) in [7, 11) is 3.42. The van der Waals surface area contributed by atoms with Crippen LogP contribution < -0.4 is 4.74 Å². The molecule has 6 heteroatoms. The van der Waals surface area contributed by atoms with E-state index in [1.807, 2.05) is 42.5 Å². The van der Waals surface area contributed by atoms with Crippen LogP contribution in [0.3, 0.4) is 0 Å². The quantitative estimate of drug-likeness (QED) is 0.694. The monoisotopic (exact) mass is 336 g/mol. The fourth-order valence-electron chi connectivity index (χ4n) is 2.61. The zero-order valence-corrected chi connectivity index (χ0v) is 14.3. The molecule has 2 heterocycles. The predicted octanol–water partition coefficient (Wildman–Crippen LogP) is 2.61. The zero-order chi connectivity index (χ0) is 17.6. The van der Waals surface area contributed by atoms with E-state index < -0.39 is 0 Å². The van der Waals surface area contributed by atoms with E-state index in [0.717, 1.165) is 22.6 Å². The fourth-order valence-corrected chi connectivity index (χ4v) is 2.61. The number of benzene rings is 1. The van der Waals surface area contributed by atoms with Gasteiger partial charge in [0.05, 0.1) is 12.8 Å². The van der Waals surface area contributed by atoms with Gasteiger partial charge in [-0.2, -0.15) is 5.10 Å². The average Bonchev–Trinajstić information content (AvgIpc) is 3.10. The first-order chi connectivity index (χ1) is 12.2. The minimum atomic E-state index is -0.0122. The minimum Gasteiger partial charge on any atom is -0.497 e. The van der Waals surface area contributed by atoms with Crippen LogP contribution in [0.4, 0.5) is 0 Å². The van der Waals surface area contributed by atoms with E-state index in [2.05, 4.69) is 10.1 Å². The van der Waals surface area contributed by atoms with Crippen molar-refractivity contribution in [2.75, 3.05) is 14.2 Å².